The van der Waals surface area contributed by atoms with Crippen LogP contribution in [-0.2, 0) is 9.84 Å². The smallest absolute Gasteiger partial charge is 0.164 e. The topological polar surface area (TPSA) is 63.4 Å². The van der Waals surface area contributed by atoms with E-state index in [0.29, 0.717) is 18.2 Å². The largest absolute Gasteiger partial charge is 0.329 e. The number of hydrogen-bond acceptors (Lipinski definition) is 5. The van der Waals surface area contributed by atoms with E-state index < -0.39 is 9.84 Å². The summed E-state index contributed by atoms with van der Waals surface area (Å²) in [5, 5.41) is -0.332. The predicted molar refractivity (Wildman–Crippen MR) is 82.1 cm³/mol. The monoisotopic (exact) mass is 306 g/mol. The Hall–Kier alpha value is 0.220. The number of rotatable bonds is 4. The van der Waals surface area contributed by atoms with Gasteiger partial charge in [-0.15, -0.1) is 0 Å². The second-order valence-corrected chi connectivity index (χ2v) is 9.15. The molecule has 2 N–H and O–H groups in total. The van der Waals surface area contributed by atoms with E-state index >= 15 is 0 Å². The molecular formula is C13H26N2O2S2. The van der Waals surface area contributed by atoms with Gasteiger partial charge < -0.3 is 5.73 Å². The van der Waals surface area contributed by atoms with E-state index in [2.05, 4.69) is 4.90 Å². The maximum absolute atomic E-state index is 12.0. The molecule has 0 bridgehead atoms. The van der Waals surface area contributed by atoms with Gasteiger partial charge in [0.05, 0.1) is 0 Å². The van der Waals surface area contributed by atoms with E-state index in [1.54, 1.807) is 11.8 Å². The first-order valence-corrected chi connectivity index (χ1v) is 10.4. The maximum atomic E-state index is 12.0. The molecule has 0 aromatic carbocycles. The molecule has 0 amide bonds. The summed E-state index contributed by atoms with van der Waals surface area (Å²) in [4.78, 5) is 2.20. The Labute approximate surface area is 121 Å². The summed E-state index contributed by atoms with van der Waals surface area (Å²) in [6.45, 7) is 1.45. The summed E-state index contributed by atoms with van der Waals surface area (Å²) in [6, 6.07) is 0.251. The molecule has 0 spiro atoms. The van der Waals surface area contributed by atoms with E-state index in [-0.39, 0.29) is 11.4 Å². The van der Waals surface area contributed by atoms with Gasteiger partial charge in [0.2, 0.25) is 0 Å². The van der Waals surface area contributed by atoms with E-state index in [9.17, 15) is 8.42 Å². The fraction of sp³-hybridized carbons (Fsp3) is 1.00. The van der Waals surface area contributed by atoms with Crippen LogP contribution in [-0.4, -0.2) is 55.6 Å². The lowest BCUT2D eigenvalue weighted by atomic mass is 9.83. The molecule has 19 heavy (non-hydrogen) atoms. The highest BCUT2D eigenvalue weighted by molar-refractivity contribution is 8.00. The molecule has 0 aromatic rings. The molecule has 2 aliphatic rings. The van der Waals surface area contributed by atoms with Crippen LogP contribution < -0.4 is 5.73 Å². The van der Waals surface area contributed by atoms with Crippen molar-refractivity contribution >= 4 is 21.6 Å². The van der Waals surface area contributed by atoms with Crippen LogP contribution in [0.25, 0.3) is 0 Å². The molecule has 1 saturated heterocycles. The Morgan fingerprint density at radius 1 is 1.32 bits per heavy atom. The lowest BCUT2D eigenvalue weighted by Crippen LogP contribution is -2.56. The third-order valence-electron chi connectivity index (χ3n) is 4.48. The second-order valence-electron chi connectivity index (χ2n) is 5.80. The number of sulfone groups is 1. The highest BCUT2D eigenvalue weighted by atomic mass is 32.2. The summed E-state index contributed by atoms with van der Waals surface area (Å²) >= 11 is 1.75. The molecule has 6 heteroatoms. The van der Waals surface area contributed by atoms with Gasteiger partial charge in [0.1, 0.15) is 5.37 Å². The normalized spacial score (nSPS) is 29.3. The van der Waals surface area contributed by atoms with Crippen molar-refractivity contribution in [3.63, 3.8) is 0 Å². The van der Waals surface area contributed by atoms with Crippen molar-refractivity contribution in [1.82, 2.24) is 4.90 Å². The molecular weight excluding hydrogens is 280 g/mol. The SMILES string of the molecule is CS(=O)(=O)C1CSCCN1C(CN)C1CCCCC1. The standard InChI is InChI=1S/C13H26N2O2S2/c1-19(16,17)13-10-18-8-7-15(13)12(9-14)11-5-3-2-4-6-11/h11-13H,2-10,14H2,1H3. The fourth-order valence-electron chi connectivity index (χ4n) is 3.46. The number of thioether (sulfide) groups is 1. The Kier molecular flexibility index (Phi) is 5.57. The summed E-state index contributed by atoms with van der Waals surface area (Å²) in [5.74, 6) is 2.31. The molecule has 1 saturated carbocycles. The zero-order valence-electron chi connectivity index (χ0n) is 11.8. The second kappa shape index (κ2) is 6.78. The number of hydrogen-bond donors (Lipinski definition) is 1. The lowest BCUT2D eigenvalue weighted by molar-refractivity contribution is 0.118. The average molecular weight is 306 g/mol. The zero-order valence-corrected chi connectivity index (χ0v) is 13.4. The minimum Gasteiger partial charge on any atom is -0.329 e. The molecule has 2 fully saturated rings. The third kappa shape index (κ3) is 3.86. The summed E-state index contributed by atoms with van der Waals surface area (Å²) in [7, 11) is -3.02. The minimum atomic E-state index is -3.02. The van der Waals surface area contributed by atoms with Crippen molar-refractivity contribution in [3.8, 4) is 0 Å². The first-order chi connectivity index (χ1) is 9.04. The van der Waals surface area contributed by atoms with Crippen molar-refractivity contribution < 1.29 is 8.42 Å². The minimum absolute atomic E-state index is 0.251. The van der Waals surface area contributed by atoms with Gasteiger partial charge in [0, 0.05) is 36.9 Å². The van der Waals surface area contributed by atoms with E-state index in [1.165, 1.54) is 38.4 Å². The first-order valence-electron chi connectivity index (χ1n) is 7.26. The van der Waals surface area contributed by atoms with Crippen molar-refractivity contribution in [1.29, 1.82) is 0 Å². The van der Waals surface area contributed by atoms with Crippen LogP contribution >= 0.6 is 11.8 Å². The molecule has 0 radical (unpaired) electrons. The van der Waals surface area contributed by atoms with Crippen LogP contribution in [0.5, 0.6) is 0 Å². The van der Waals surface area contributed by atoms with Gasteiger partial charge in [-0.1, -0.05) is 19.3 Å². The maximum Gasteiger partial charge on any atom is 0.164 e. The predicted octanol–water partition coefficient (Wildman–Crippen LogP) is 1.31. The molecule has 1 aliphatic carbocycles. The molecule has 112 valence electrons. The van der Waals surface area contributed by atoms with Crippen LogP contribution in [0, 0.1) is 5.92 Å². The molecule has 2 atom stereocenters. The quantitative estimate of drug-likeness (QED) is 0.848. The molecule has 2 unspecified atom stereocenters. The van der Waals surface area contributed by atoms with Gasteiger partial charge in [0.15, 0.2) is 9.84 Å². The summed E-state index contributed by atoms with van der Waals surface area (Å²) in [6.07, 6.45) is 7.65. The molecule has 2 rings (SSSR count). The molecule has 0 aromatic heterocycles. The van der Waals surface area contributed by atoms with Gasteiger partial charge in [-0.2, -0.15) is 11.8 Å². The van der Waals surface area contributed by atoms with Gasteiger partial charge >= 0.3 is 0 Å². The van der Waals surface area contributed by atoms with Crippen LogP contribution in [0.15, 0.2) is 0 Å². The lowest BCUT2D eigenvalue weighted by Gasteiger charge is -2.43. The van der Waals surface area contributed by atoms with Gasteiger partial charge in [0.25, 0.3) is 0 Å². The van der Waals surface area contributed by atoms with E-state index in [1.807, 2.05) is 0 Å². The first kappa shape index (κ1) is 15.6. The highest BCUT2D eigenvalue weighted by Gasteiger charge is 2.38. The van der Waals surface area contributed by atoms with E-state index in [0.717, 1.165) is 12.3 Å². The van der Waals surface area contributed by atoms with Gasteiger partial charge in [-0.25, -0.2) is 8.42 Å². The molecule has 4 nitrogen and oxygen atoms in total. The Balaban J connectivity index is 2.14. The highest BCUT2D eigenvalue weighted by Crippen LogP contribution is 2.32. The average Bonchev–Trinajstić information content (AvgIpc) is 2.40. The number of nitrogens with two attached hydrogens (primary N) is 1. The van der Waals surface area contributed by atoms with Gasteiger partial charge in [-0.05, 0) is 18.8 Å². The number of nitrogens with zero attached hydrogens (tertiary/aromatic N) is 1. The Morgan fingerprint density at radius 3 is 2.58 bits per heavy atom. The molecule has 1 heterocycles. The Morgan fingerprint density at radius 2 is 2.00 bits per heavy atom. The van der Waals surface area contributed by atoms with Crippen molar-refractivity contribution in [2.45, 2.75) is 43.5 Å². The van der Waals surface area contributed by atoms with Crippen molar-refractivity contribution in [2.75, 3.05) is 30.9 Å². The van der Waals surface area contributed by atoms with Crippen LogP contribution in [0.3, 0.4) is 0 Å². The molecule has 1 aliphatic heterocycles. The Bertz CT molecular complexity index is 380. The summed E-state index contributed by atoms with van der Waals surface area (Å²) < 4.78 is 24.0. The third-order valence-corrected chi connectivity index (χ3v) is 7.14. The van der Waals surface area contributed by atoms with Crippen LogP contribution in [0.2, 0.25) is 0 Å². The van der Waals surface area contributed by atoms with Crippen molar-refractivity contribution in [2.24, 2.45) is 11.7 Å². The summed E-state index contributed by atoms with van der Waals surface area (Å²) in [5.41, 5.74) is 6.00. The van der Waals surface area contributed by atoms with Crippen LogP contribution in [0.1, 0.15) is 32.1 Å². The van der Waals surface area contributed by atoms with E-state index in [4.69, 9.17) is 5.73 Å². The fourth-order valence-corrected chi connectivity index (χ4v) is 6.39. The van der Waals surface area contributed by atoms with Crippen LogP contribution in [0.4, 0.5) is 0 Å². The zero-order chi connectivity index (χ0) is 13.9. The van der Waals surface area contributed by atoms with Crippen molar-refractivity contribution in [3.05, 3.63) is 0 Å². The van der Waals surface area contributed by atoms with Gasteiger partial charge in [-0.3, -0.25) is 4.90 Å².